The third kappa shape index (κ3) is 3.75. The highest BCUT2D eigenvalue weighted by atomic mass is 32.1. The van der Waals surface area contributed by atoms with Crippen molar-refractivity contribution < 1.29 is 9.53 Å². The van der Waals surface area contributed by atoms with Crippen LogP contribution in [0.15, 0.2) is 24.3 Å². The minimum absolute atomic E-state index is 0.0488. The zero-order chi connectivity index (χ0) is 13.8. The second-order valence-corrected chi connectivity index (χ2v) is 5.53. The molecule has 0 aliphatic carbocycles. The lowest BCUT2D eigenvalue weighted by molar-refractivity contribution is 0.0526. The highest BCUT2D eigenvalue weighted by Crippen LogP contribution is 2.33. The second-order valence-electron chi connectivity index (χ2n) is 5.27. The lowest BCUT2D eigenvalue weighted by Crippen LogP contribution is -2.26. The van der Waals surface area contributed by atoms with Crippen LogP contribution in [-0.4, -0.2) is 12.6 Å². The number of thiol groups is 1. The van der Waals surface area contributed by atoms with Crippen LogP contribution in [0.3, 0.4) is 0 Å². The van der Waals surface area contributed by atoms with E-state index < -0.39 is 0 Å². The van der Waals surface area contributed by atoms with E-state index >= 15 is 0 Å². The molecule has 0 heterocycles. The van der Waals surface area contributed by atoms with Crippen molar-refractivity contribution in [3.05, 3.63) is 35.4 Å². The number of nitrogens with one attached hydrogen (secondary N) is 1. The fourth-order valence-electron chi connectivity index (χ4n) is 1.79. The molecule has 1 aromatic carbocycles. The van der Waals surface area contributed by atoms with Gasteiger partial charge in [0.25, 0.3) is 0 Å². The average molecular weight is 267 g/mol. The summed E-state index contributed by atoms with van der Waals surface area (Å²) in [6.07, 6.45) is 0. The summed E-state index contributed by atoms with van der Waals surface area (Å²) in [5.74, 6) is -0.282. The maximum atomic E-state index is 11.5. The molecule has 1 N–H and O–H groups in total. The summed E-state index contributed by atoms with van der Waals surface area (Å²) < 4.78 is 7.96. The van der Waals surface area contributed by atoms with Crippen LogP contribution in [0.4, 0.5) is 0 Å². The first-order chi connectivity index (χ1) is 8.40. The van der Waals surface area contributed by atoms with Gasteiger partial charge in [0, 0.05) is 6.04 Å². The zero-order valence-corrected chi connectivity index (χ0v) is 12.3. The molecule has 1 aromatic rings. The standard InChI is InChI=1S/C14H21NO2S/c1-5-17-13(16)11-8-6-10(7-9-11)12(15-18)14(2,3)4/h6-9,12,15,18H,5H2,1-4H3. The molecule has 0 amide bonds. The van der Waals surface area contributed by atoms with Gasteiger partial charge >= 0.3 is 5.97 Å². The van der Waals surface area contributed by atoms with Crippen molar-refractivity contribution in [2.75, 3.05) is 6.61 Å². The summed E-state index contributed by atoms with van der Waals surface area (Å²) >= 11 is 4.18. The van der Waals surface area contributed by atoms with E-state index in [-0.39, 0.29) is 17.4 Å². The van der Waals surface area contributed by atoms with Crippen LogP contribution >= 0.6 is 12.8 Å². The van der Waals surface area contributed by atoms with Gasteiger partial charge in [0.05, 0.1) is 12.2 Å². The van der Waals surface area contributed by atoms with Crippen LogP contribution in [0, 0.1) is 5.41 Å². The molecule has 1 atom stereocenters. The Kier molecular flexibility index (Phi) is 5.23. The van der Waals surface area contributed by atoms with Gasteiger partial charge in [-0.05, 0) is 30.0 Å². The predicted octanol–water partition coefficient (Wildman–Crippen LogP) is 3.38. The first kappa shape index (κ1) is 15.1. The summed E-state index contributed by atoms with van der Waals surface area (Å²) in [6, 6.07) is 7.57. The molecule has 0 radical (unpaired) electrons. The normalized spacial score (nSPS) is 13.2. The van der Waals surface area contributed by atoms with Crippen molar-refractivity contribution in [1.82, 2.24) is 4.72 Å². The molecule has 18 heavy (non-hydrogen) atoms. The maximum Gasteiger partial charge on any atom is 0.338 e. The van der Waals surface area contributed by atoms with Crippen molar-refractivity contribution in [1.29, 1.82) is 0 Å². The third-order valence-corrected chi connectivity index (χ3v) is 3.01. The van der Waals surface area contributed by atoms with Gasteiger partial charge in [0.2, 0.25) is 0 Å². The van der Waals surface area contributed by atoms with Gasteiger partial charge in [-0.2, -0.15) is 0 Å². The summed E-state index contributed by atoms with van der Waals surface area (Å²) in [7, 11) is 0. The molecule has 1 unspecified atom stereocenters. The van der Waals surface area contributed by atoms with Crippen molar-refractivity contribution in [3.63, 3.8) is 0 Å². The quantitative estimate of drug-likeness (QED) is 0.649. The Morgan fingerprint density at radius 2 is 1.89 bits per heavy atom. The van der Waals surface area contributed by atoms with Gasteiger partial charge in [-0.25, -0.2) is 4.79 Å². The SMILES string of the molecule is CCOC(=O)c1ccc(C(NS)C(C)(C)C)cc1. The number of carbonyl (C=O) groups excluding carboxylic acids is 1. The van der Waals surface area contributed by atoms with E-state index in [2.05, 4.69) is 38.3 Å². The van der Waals surface area contributed by atoms with Gasteiger partial charge in [-0.3, -0.25) is 4.72 Å². The Morgan fingerprint density at radius 1 is 1.33 bits per heavy atom. The molecule has 0 bridgehead atoms. The van der Waals surface area contributed by atoms with Crippen molar-refractivity contribution in [2.24, 2.45) is 5.41 Å². The van der Waals surface area contributed by atoms with Crippen molar-refractivity contribution >= 4 is 18.8 Å². The molecule has 100 valence electrons. The largest absolute Gasteiger partial charge is 0.462 e. The van der Waals surface area contributed by atoms with E-state index in [1.54, 1.807) is 19.1 Å². The van der Waals surface area contributed by atoms with Crippen LogP contribution < -0.4 is 4.72 Å². The summed E-state index contributed by atoms with van der Waals surface area (Å²) in [5, 5.41) is 0. The number of rotatable bonds is 4. The van der Waals surface area contributed by atoms with E-state index in [0.29, 0.717) is 12.2 Å². The molecule has 0 fully saturated rings. The summed E-state index contributed by atoms with van der Waals surface area (Å²) in [4.78, 5) is 11.5. The molecule has 1 rings (SSSR count). The molecular weight excluding hydrogens is 246 g/mol. The Labute approximate surface area is 114 Å². The van der Waals surface area contributed by atoms with Gasteiger partial charge in [-0.1, -0.05) is 45.7 Å². The highest BCUT2D eigenvalue weighted by Gasteiger charge is 2.25. The molecule has 4 heteroatoms. The minimum atomic E-state index is -0.282. The first-order valence-corrected chi connectivity index (χ1v) is 6.51. The molecule has 0 spiro atoms. The Bertz CT molecular complexity index is 395. The zero-order valence-electron chi connectivity index (χ0n) is 11.4. The predicted molar refractivity (Wildman–Crippen MR) is 76.7 cm³/mol. The number of hydrogen-bond donors (Lipinski definition) is 2. The molecule has 0 aliphatic rings. The van der Waals surface area contributed by atoms with Crippen LogP contribution in [0.1, 0.15) is 49.7 Å². The van der Waals surface area contributed by atoms with Crippen molar-refractivity contribution in [3.8, 4) is 0 Å². The number of hydrogen-bond acceptors (Lipinski definition) is 4. The van der Waals surface area contributed by atoms with E-state index in [4.69, 9.17) is 4.74 Å². The minimum Gasteiger partial charge on any atom is -0.462 e. The van der Waals surface area contributed by atoms with Gasteiger partial charge in [0.15, 0.2) is 0 Å². The number of benzene rings is 1. The number of ether oxygens (including phenoxy) is 1. The van der Waals surface area contributed by atoms with E-state index in [1.165, 1.54) is 0 Å². The monoisotopic (exact) mass is 267 g/mol. The van der Waals surface area contributed by atoms with Gasteiger partial charge in [0.1, 0.15) is 0 Å². The van der Waals surface area contributed by atoms with E-state index in [1.807, 2.05) is 12.1 Å². The topological polar surface area (TPSA) is 38.3 Å². The molecule has 0 saturated carbocycles. The highest BCUT2D eigenvalue weighted by molar-refractivity contribution is 7.78. The van der Waals surface area contributed by atoms with Crippen LogP contribution in [0.25, 0.3) is 0 Å². The smallest absolute Gasteiger partial charge is 0.338 e. The number of carbonyl (C=O) groups is 1. The molecule has 0 saturated heterocycles. The second kappa shape index (κ2) is 6.25. The summed E-state index contributed by atoms with van der Waals surface area (Å²) in [6.45, 7) is 8.61. The molecular formula is C14H21NO2S. The Balaban J connectivity index is 2.91. The van der Waals surface area contributed by atoms with Crippen LogP contribution in [0.5, 0.6) is 0 Å². The Morgan fingerprint density at radius 3 is 2.28 bits per heavy atom. The fourth-order valence-corrected chi connectivity index (χ4v) is 2.33. The lowest BCUT2D eigenvalue weighted by atomic mass is 9.83. The number of esters is 1. The van der Waals surface area contributed by atoms with Gasteiger partial charge in [-0.15, -0.1) is 0 Å². The molecule has 0 aliphatic heterocycles. The van der Waals surface area contributed by atoms with Gasteiger partial charge < -0.3 is 4.74 Å². The van der Waals surface area contributed by atoms with Crippen LogP contribution in [0.2, 0.25) is 0 Å². The maximum absolute atomic E-state index is 11.5. The van der Waals surface area contributed by atoms with Crippen molar-refractivity contribution in [2.45, 2.75) is 33.7 Å². The van der Waals surface area contributed by atoms with Crippen LogP contribution in [-0.2, 0) is 4.74 Å². The fraction of sp³-hybridized carbons (Fsp3) is 0.500. The Hall–Kier alpha value is -1.00. The van der Waals surface area contributed by atoms with E-state index in [9.17, 15) is 4.79 Å². The summed E-state index contributed by atoms with van der Waals surface area (Å²) in [5.41, 5.74) is 1.73. The average Bonchev–Trinajstić information content (AvgIpc) is 2.29. The third-order valence-electron chi connectivity index (χ3n) is 2.75. The van der Waals surface area contributed by atoms with E-state index in [0.717, 1.165) is 5.56 Å². The lowest BCUT2D eigenvalue weighted by Gasteiger charge is -2.30. The molecule has 0 aromatic heterocycles. The first-order valence-electron chi connectivity index (χ1n) is 6.07. The molecule has 3 nitrogen and oxygen atoms in total.